The molecule has 0 aliphatic heterocycles. The van der Waals surface area contributed by atoms with Crippen LogP contribution in [0.3, 0.4) is 0 Å². The van der Waals surface area contributed by atoms with Gasteiger partial charge >= 0.3 is 0 Å². The van der Waals surface area contributed by atoms with Gasteiger partial charge in [0.2, 0.25) is 0 Å². The van der Waals surface area contributed by atoms with E-state index >= 15 is 0 Å². The fourth-order valence-corrected chi connectivity index (χ4v) is 5.37. The second kappa shape index (κ2) is 4.62. The lowest BCUT2D eigenvalue weighted by atomic mass is 9.65. The van der Waals surface area contributed by atoms with Gasteiger partial charge in [-0.25, -0.2) is 0 Å². The molecule has 2 fully saturated rings. The lowest BCUT2D eigenvalue weighted by Gasteiger charge is -2.37. The number of nitrogens with zero attached hydrogens (tertiary/aromatic N) is 1. The number of rotatable bonds is 2. The lowest BCUT2D eigenvalue weighted by molar-refractivity contribution is 0.254. The van der Waals surface area contributed by atoms with E-state index in [9.17, 15) is 5.26 Å². The summed E-state index contributed by atoms with van der Waals surface area (Å²) in [7, 11) is 0. The zero-order chi connectivity index (χ0) is 13.6. The van der Waals surface area contributed by atoms with Crippen LogP contribution in [0.5, 0.6) is 0 Å². The van der Waals surface area contributed by atoms with E-state index < -0.39 is 0 Å². The van der Waals surface area contributed by atoms with Crippen molar-refractivity contribution in [1.82, 2.24) is 0 Å². The molecule has 0 spiro atoms. The van der Waals surface area contributed by atoms with Gasteiger partial charge in [0.25, 0.3) is 0 Å². The van der Waals surface area contributed by atoms with Crippen LogP contribution in [-0.2, 0) is 11.8 Å². The molecule has 4 atom stereocenters. The van der Waals surface area contributed by atoms with E-state index in [0.717, 1.165) is 37.0 Å². The topological polar surface area (TPSA) is 23.8 Å². The Hall–Kier alpha value is -1.29. The first kappa shape index (κ1) is 12.5. The molecule has 20 heavy (non-hydrogen) atoms. The van der Waals surface area contributed by atoms with Gasteiger partial charge in [-0.1, -0.05) is 30.7 Å². The molecule has 0 N–H and O–H groups in total. The smallest absolute Gasteiger partial charge is 0.0827 e. The molecular weight excluding hydrogens is 242 g/mol. The van der Waals surface area contributed by atoms with Crippen molar-refractivity contribution >= 4 is 0 Å². The normalized spacial score (nSPS) is 38.5. The average Bonchev–Trinajstić information content (AvgIpc) is 3.10. The maximum Gasteiger partial charge on any atom is 0.0827 e. The van der Waals surface area contributed by atoms with Gasteiger partial charge in [-0.15, -0.1) is 0 Å². The average molecular weight is 265 g/mol. The quantitative estimate of drug-likeness (QED) is 0.766. The summed E-state index contributed by atoms with van der Waals surface area (Å²) in [6, 6.07) is 11.5. The molecule has 4 unspecified atom stereocenters. The molecule has 0 saturated heterocycles. The highest BCUT2D eigenvalue weighted by Crippen LogP contribution is 2.53. The Labute approximate surface area is 122 Å². The largest absolute Gasteiger partial charge is 0.197 e. The van der Waals surface area contributed by atoms with Crippen LogP contribution in [0.4, 0.5) is 0 Å². The minimum Gasteiger partial charge on any atom is -0.197 e. The standard InChI is InChI=1S/C19H23N/c20-13-19(12-17-11-14-7-8-16(17)10-14)9-3-5-15-4-1-2-6-18(15)19/h1-2,4,6,14,16-17H,3,5,7-12H2. The summed E-state index contributed by atoms with van der Waals surface area (Å²) in [5.41, 5.74) is 2.62. The zero-order valence-electron chi connectivity index (χ0n) is 12.1. The molecule has 1 aromatic carbocycles. The van der Waals surface area contributed by atoms with Crippen molar-refractivity contribution in [2.45, 2.75) is 56.8 Å². The van der Waals surface area contributed by atoms with Crippen molar-refractivity contribution in [1.29, 1.82) is 5.26 Å². The van der Waals surface area contributed by atoms with Crippen LogP contribution in [0.25, 0.3) is 0 Å². The van der Waals surface area contributed by atoms with Crippen molar-refractivity contribution in [2.24, 2.45) is 17.8 Å². The molecule has 1 aromatic rings. The molecular formula is C19H23N. The van der Waals surface area contributed by atoms with Gasteiger partial charge in [-0.2, -0.15) is 5.26 Å². The van der Waals surface area contributed by atoms with Gasteiger partial charge < -0.3 is 0 Å². The minimum atomic E-state index is -0.177. The molecule has 2 saturated carbocycles. The highest BCUT2D eigenvalue weighted by molar-refractivity contribution is 5.41. The Morgan fingerprint density at radius 1 is 1.20 bits per heavy atom. The Kier molecular flexibility index (Phi) is 2.88. The number of hydrogen-bond donors (Lipinski definition) is 0. The Balaban J connectivity index is 1.66. The summed E-state index contributed by atoms with van der Waals surface area (Å²) in [6.07, 6.45) is 10.3. The van der Waals surface area contributed by atoms with Crippen molar-refractivity contribution in [3.05, 3.63) is 35.4 Å². The number of aryl methyl sites for hydroxylation is 1. The van der Waals surface area contributed by atoms with Crippen molar-refractivity contribution in [3.8, 4) is 6.07 Å². The first-order chi connectivity index (χ1) is 9.81. The monoisotopic (exact) mass is 265 g/mol. The Morgan fingerprint density at radius 2 is 2.10 bits per heavy atom. The summed E-state index contributed by atoms with van der Waals surface area (Å²) < 4.78 is 0. The van der Waals surface area contributed by atoms with Crippen molar-refractivity contribution in [3.63, 3.8) is 0 Å². The van der Waals surface area contributed by atoms with E-state index in [1.807, 2.05) is 0 Å². The molecule has 1 heteroatoms. The van der Waals surface area contributed by atoms with Crippen LogP contribution in [0, 0.1) is 29.1 Å². The fourth-order valence-electron chi connectivity index (χ4n) is 5.37. The van der Waals surface area contributed by atoms with Crippen LogP contribution in [0.1, 0.15) is 56.1 Å². The number of benzene rings is 1. The van der Waals surface area contributed by atoms with E-state index in [1.165, 1.54) is 43.2 Å². The molecule has 0 heterocycles. The molecule has 0 radical (unpaired) electrons. The Bertz CT molecular complexity index is 555. The van der Waals surface area contributed by atoms with Crippen LogP contribution in [-0.4, -0.2) is 0 Å². The van der Waals surface area contributed by atoms with Gasteiger partial charge in [-0.05, 0) is 73.8 Å². The molecule has 1 nitrogen and oxygen atoms in total. The predicted molar refractivity (Wildman–Crippen MR) is 80.2 cm³/mol. The molecule has 3 aliphatic rings. The molecule has 0 aromatic heterocycles. The van der Waals surface area contributed by atoms with Crippen molar-refractivity contribution in [2.75, 3.05) is 0 Å². The van der Waals surface area contributed by atoms with Crippen LogP contribution in [0.15, 0.2) is 24.3 Å². The van der Waals surface area contributed by atoms with E-state index in [2.05, 4.69) is 30.3 Å². The summed E-state index contributed by atoms with van der Waals surface area (Å²) in [4.78, 5) is 0. The molecule has 0 amide bonds. The fraction of sp³-hybridized carbons (Fsp3) is 0.632. The third kappa shape index (κ3) is 1.81. The second-order valence-electron chi connectivity index (χ2n) is 7.34. The predicted octanol–water partition coefficient (Wildman–Crippen LogP) is 4.61. The first-order valence-electron chi connectivity index (χ1n) is 8.30. The minimum absolute atomic E-state index is 0.177. The van der Waals surface area contributed by atoms with E-state index in [-0.39, 0.29) is 5.41 Å². The highest BCUT2D eigenvalue weighted by atomic mass is 14.5. The SMILES string of the molecule is N#CC1(CC2CC3CCC2C3)CCCc2ccccc21. The van der Waals surface area contributed by atoms with Crippen LogP contribution >= 0.6 is 0 Å². The number of hydrogen-bond acceptors (Lipinski definition) is 1. The van der Waals surface area contributed by atoms with Gasteiger partial charge in [0.15, 0.2) is 0 Å². The highest BCUT2D eigenvalue weighted by Gasteiger charge is 2.45. The first-order valence-corrected chi connectivity index (χ1v) is 8.30. The van der Waals surface area contributed by atoms with E-state index in [1.54, 1.807) is 0 Å². The van der Waals surface area contributed by atoms with Crippen molar-refractivity contribution < 1.29 is 0 Å². The maximum atomic E-state index is 9.97. The summed E-state index contributed by atoms with van der Waals surface area (Å²) in [6.45, 7) is 0. The molecule has 104 valence electrons. The van der Waals surface area contributed by atoms with Gasteiger partial charge in [-0.3, -0.25) is 0 Å². The zero-order valence-corrected chi connectivity index (χ0v) is 12.1. The lowest BCUT2D eigenvalue weighted by Crippen LogP contribution is -2.33. The summed E-state index contributed by atoms with van der Waals surface area (Å²) in [5, 5.41) is 9.97. The second-order valence-corrected chi connectivity index (χ2v) is 7.34. The number of nitriles is 1. The van der Waals surface area contributed by atoms with Crippen LogP contribution < -0.4 is 0 Å². The van der Waals surface area contributed by atoms with Gasteiger partial charge in [0.1, 0.15) is 0 Å². The third-order valence-corrected chi connectivity index (χ3v) is 6.29. The van der Waals surface area contributed by atoms with E-state index in [4.69, 9.17) is 0 Å². The van der Waals surface area contributed by atoms with Gasteiger partial charge in [0, 0.05) is 0 Å². The van der Waals surface area contributed by atoms with E-state index in [0.29, 0.717) is 0 Å². The maximum absolute atomic E-state index is 9.97. The molecule has 2 bridgehead atoms. The molecule has 3 aliphatic carbocycles. The third-order valence-electron chi connectivity index (χ3n) is 6.29. The Morgan fingerprint density at radius 3 is 2.85 bits per heavy atom. The summed E-state index contributed by atoms with van der Waals surface area (Å²) >= 11 is 0. The number of fused-ring (bicyclic) bond motifs is 3. The summed E-state index contributed by atoms with van der Waals surface area (Å²) in [5.74, 6) is 2.73. The van der Waals surface area contributed by atoms with Gasteiger partial charge in [0.05, 0.1) is 11.5 Å². The molecule has 4 rings (SSSR count). The van der Waals surface area contributed by atoms with Crippen LogP contribution in [0.2, 0.25) is 0 Å².